The molecule has 0 radical (unpaired) electrons. The zero-order valence-corrected chi connectivity index (χ0v) is 22.2. The van der Waals surface area contributed by atoms with Crippen molar-refractivity contribution in [3.63, 3.8) is 0 Å². The van der Waals surface area contributed by atoms with E-state index in [9.17, 15) is 28.8 Å². The maximum Gasteiger partial charge on any atom is 0.229 e. The fraction of sp³-hybridized carbons (Fsp3) is 0.308. The highest BCUT2D eigenvalue weighted by Crippen LogP contribution is 2.31. The van der Waals surface area contributed by atoms with E-state index < -0.39 is 16.1 Å². The summed E-state index contributed by atoms with van der Waals surface area (Å²) in [7, 11) is -3.57. The number of aromatic hydroxyl groups is 3. The van der Waals surface area contributed by atoms with E-state index in [1.807, 2.05) is 31.2 Å². The van der Waals surface area contributed by atoms with Crippen LogP contribution in [0, 0.1) is 0 Å². The van der Waals surface area contributed by atoms with Gasteiger partial charge >= 0.3 is 0 Å². The quantitative estimate of drug-likeness (QED) is 0.187. The lowest BCUT2D eigenvalue weighted by molar-refractivity contribution is 0.103. The first kappa shape index (κ1) is 30.0. The highest BCUT2D eigenvalue weighted by atomic mass is 35.5. The maximum atomic E-state index is 11.4. The Morgan fingerprint density at radius 3 is 1.95 bits per heavy atom. The number of phenolic OH excluding ortho intramolecular Hbond substituents is 3. The number of ether oxygens (including phenoxy) is 1. The summed E-state index contributed by atoms with van der Waals surface area (Å²) in [6, 6.07) is 18.2. The Bertz CT molecular complexity index is 1190. The van der Waals surface area contributed by atoms with Crippen LogP contribution in [-0.2, 0) is 10.0 Å². The Kier molecular flexibility index (Phi) is 10.9. The summed E-state index contributed by atoms with van der Waals surface area (Å²) < 4.78 is 30.6. The van der Waals surface area contributed by atoms with Crippen molar-refractivity contribution in [3.8, 4) is 23.0 Å². The van der Waals surface area contributed by atoms with E-state index in [1.54, 1.807) is 24.3 Å². The zero-order chi connectivity index (χ0) is 26.3. The van der Waals surface area contributed by atoms with Gasteiger partial charge in [-0.05, 0) is 60.9 Å². The summed E-state index contributed by atoms with van der Waals surface area (Å²) in [5.74, 6) is 0.432. The molecule has 2 atom stereocenters. The largest absolute Gasteiger partial charge is 0.508 e. The van der Waals surface area contributed by atoms with Crippen molar-refractivity contribution in [1.29, 1.82) is 0 Å². The molecule has 0 spiro atoms. The van der Waals surface area contributed by atoms with Gasteiger partial charge in [0.2, 0.25) is 10.0 Å². The van der Waals surface area contributed by atoms with Crippen molar-refractivity contribution < 1.29 is 33.6 Å². The minimum Gasteiger partial charge on any atom is -0.508 e. The molecule has 6 N–H and O–H groups in total. The third kappa shape index (κ3) is 9.66. The number of hydrogen-bond acceptors (Lipinski definition) is 8. The van der Waals surface area contributed by atoms with Crippen LogP contribution in [-0.4, -0.2) is 60.4 Å². The molecule has 0 unspecified atom stereocenters. The summed E-state index contributed by atoms with van der Waals surface area (Å²) in [4.78, 5) is 0. The number of phenols is 3. The van der Waals surface area contributed by atoms with E-state index in [-0.39, 0.29) is 60.5 Å². The first-order valence-corrected chi connectivity index (χ1v) is 13.3. The van der Waals surface area contributed by atoms with Crippen LogP contribution in [0.25, 0.3) is 0 Å². The molecule has 37 heavy (non-hydrogen) atoms. The van der Waals surface area contributed by atoms with Gasteiger partial charge in [-0.3, -0.25) is 4.72 Å². The molecule has 0 saturated carbocycles. The molecule has 0 amide bonds. The standard InChI is InChI=1S/C26H32N2O7S.ClH/c1-17(13-24(18-3-7-20(29)8-4-18)19-5-9-21(30)10-6-19)27-15-22(31)16-35-23-11-12-26(32)25(14-23)28-36(2,33)34;/h3-12,14,17,22,24,27-32H,13,15-16H2,1-2H3;1H/t17-,22-;/m1./s1. The van der Waals surface area contributed by atoms with Gasteiger partial charge in [0, 0.05) is 24.6 Å². The van der Waals surface area contributed by atoms with Crippen LogP contribution in [0.3, 0.4) is 0 Å². The topological polar surface area (TPSA) is 148 Å². The lowest BCUT2D eigenvalue weighted by atomic mass is 9.86. The van der Waals surface area contributed by atoms with E-state index in [2.05, 4.69) is 10.0 Å². The summed E-state index contributed by atoms with van der Waals surface area (Å²) in [5.41, 5.74) is 2.02. The number of hydrogen-bond donors (Lipinski definition) is 6. The van der Waals surface area contributed by atoms with Gasteiger partial charge in [0.05, 0.1) is 11.9 Å². The molecular weight excluding hydrogens is 520 g/mol. The van der Waals surface area contributed by atoms with E-state index in [1.165, 1.54) is 18.2 Å². The van der Waals surface area contributed by atoms with Gasteiger partial charge in [0.15, 0.2) is 0 Å². The first-order chi connectivity index (χ1) is 17.0. The van der Waals surface area contributed by atoms with Gasteiger partial charge in [-0.2, -0.15) is 0 Å². The van der Waals surface area contributed by atoms with E-state index in [0.717, 1.165) is 17.4 Å². The summed E-state index contributed by atoms with van der Waals surface area (Å²) in [6.07, 6.45) is 0.833. The van der Waals surface area contributed by atoms with Gasteiger partial charge < -0.3 is 30.5 Å². The minimum absolute atomic E-state index is 0. The molecule has 0 fully saturated rings. The smallest absolute Gasteiger partial charge is 0.229 e. The Balaban J connectivity index is 0.00000481. The molecule has 0 aliphatic rings. The van der Waals surface area contributed by atoms with E-state index in [4.69, 9.17) is 4.74 Å². The Labute approximate surface area is 223 Å². The molecule has 3 rings (SSSR count). The fourth-order valence-corrected chi connectivity index (χ4v) is 4.35. The second-order valence-electron chi connectivity index (χ2n) is 8.80. The number of sulfonamides is 1. The summed E-state index contributed by atoms with van der Waals surface area (Å²) in [5, 5.41) is 42.8. The molecule has 0 aliphatic carbocycles. The maximum absolute atomic E-state index is 11.4. The van der Waals surface area contributed by atoms with Gasteiger partial charge in [-0.15, -0.1) is 12.4 Å². The molecule has 0 bridgehead atoms. The van der Waals surface area contributed by atoms with Crippen molar-refractivity contribution >= 4 is 28.1 Å². The van der Waals surface area contributed by atoms with Crippen molar-refractivity contribution in [2.45, 2.75) is 31.4 Å². The molecule has 0 saturated heterocycles. The first-order valence-electron chi connectivity index (χ1n) is 11.4. The molecule has 3 aromatic rings. The van der Waals surface area contributed by atoms with Gasteiger partial charge in [0.1, 0.15) is 35.7 Å². The van der Waals surface area contributed by atoms with Crippen LogP contribution in [0.15, 0.2) is 66.7 Å². The number of anilines is 1. The molecule has 0 heterocycles. The SMILES string of the molecule is C[C@H](CC(c1ccc(O)cc1)c1ccc(O)cc1)NC[C@@H](O)COc1ccc(O)c(NS(C)(=O)=O)c1.Cl. The minimum atomic E-state index is -3.57. The second-order valence-corrected chi connectivity index (χ2v) is 10.5. The van der Waals surface area contributed by atoms with E-state index >= 15 is 0 Å². The number of rotatable bonds is 12. The third-order valence-corrected chi connectivity index (χ3v) is 6.18. The number of aliphatic hydroxyl groups is 1. The average Bonchev–Trinajstić information content (AvgIpc) is 2.82. The number of nitrogens with one attached hydrogen (secondary N) is 2. The summed E-state index contributed by atoms with van der Waals surface area (Å²) in [6.45, 7) is 2.22. The number of benzene rings is 3. The van der Waals surface area contributed by atoms with Gasteiger partial charge in [-0.25, -0.2) is 8.42 Å². The Morgan fingerprint density at radius 2 is 1.43 bits per heavy atom. The van der Waals surface area contributed by atoms with Crippen molar-refractivity contribution in [2.75, 3.05) is 24.1 Å². The Hall–Kier alpha value is -3.18. The predicted molar refractivity (Wildman–Crippen MR) is 145 cm³/mol. The zero-order valence-electron chi connectivity index (χ0n) is 20.5. The highest BCUT2D eigenvalue weighted by molar-refractivity contribution is 7.92. The van der Waals surface area contributed by atoms with Crippen LogP contribution < -0.4 is 14.8 Å². The Morgan fingerprint density at radius 1 is 0.892 bits per heavy atom. The predicted octanol–water partition coefficient (Wildman–Crippen LogP) is 3.54. The van der Waals surface area contributed by atoms with Crippen LogP contribution >= 0.6 is 12.4 Å². The second kappa shape index (κ2) is 13.4. The van der Waals surface area contributed by atoms with Crippen LogP contribution in [0.2, 0.25) is 0 Å². The highest BCUT2D eigenvalue weighted by Gasteiger charge is 2.19. The fourth-order valence-electron chi connectivity index (χ4n) is 3.79. The molecule has 0 aromatic heterocycles. The monoisotopic (exact) mass is 552 g/mol. The molecule has 11 heteroatoms. The van der Waals surface area contributed by atoms with Gasteiger partial charge in [-0.1, -0.05) is 24.3 Å². The van der Waals surface area contributed by atoms with Gasteiger partial charge in [0.25, 0.3) is 0 Å². The molecule has 9 nitrogen and oxygen atoms in total. The van der Waals surface area contributed by atoms with Crippen molar-refractivity contribution in [2.24, 2.45) is 0 Å². The molecule has 202 valence electrons. The molecular formula is C26H33ClN2O7S. The number of aliphatic hydroxyl groups excluding tert-OH is 1. The van der Waals surface area contributed by atoms with Crippen molar-refractivity contribution in [3.05, 3.63) is 77.9 Å². The normalized spacial score (nSPS) is 13.0. The lowest BCUT2D eigenvalue weighted by Crippen LogP contribution is -2.37. The average molecular weight is 553 g/mol. The summed E-state index contributed by atoms with van der Waals surface area (Å²) >= 11 is 0. The molecule has 0 aliphatic heterocycles. The number of halogens is 1. The van der Waals surface area contributed by atoms with Crippen LogP contribution in [0.4, 0.5) is 5.69 Å². The van der Waals surface area contributed by atoms with Crippen LogP contribution in [0.1, 0.15) is 30.4 Å². The van der Waals surface area contributed by atoms with Crippen molar-refractivity contribution in [1.82, 2.24) is 5.32 Å². The van der Waals surface area contributed by atoms with E-state index in [0.29, 0.717) is 12.2 Å². The molecule has 3 aromatic carbocycles. The van der Waals surface area contributed by atoms with Crippen LogP contribution in [0.5, 0.6) is 23.0 Å². The third-order valence-electron chi connectivity index (χ3n) is 5.59. The lowest BCUT2D eigenvalue weighted by Gasteiger charge is -2.24.